The van der Waals surface area contributed by atoms with E-state index in [-0.39, 0.29) is 19.0 Å². The van der Waals surface area contributed by atoms with Crippen LogP contribution in [0.15, 0.2) is 0 Å². The number of carbonyl (C=O) groups is 2. The van der Waals surface area contributed by atoms with Crippen molar-refractivity contribution in [2.24, 2.45) is 0 Å². The number of carbonyl (C=O) groups excluding carboxylic acids is 2. The summed E-state index contributed by atoms with van der Waals surface area (Å²) in [7, 11) is 0. The number of anilines is 1. The van der Waals surface area contributed by atoms with Gasteiger partial charge in [0.05, 0.1) is 13.1 Å². The summed E-state index contributed by atoms with van der Waals surface area (Å²) in [6, 6.07) is -0.399. The molecule has 3 amide bonds. The fraction of sp³-hybridized carbons (Fsp3) is 0.333. The van der Waals surface area contributed by atoms with Crippen LogP contribution in [0.3, 0.4) is 0 Å². The fourth-order valence-electron chi connectivity index (χ4n) is 1.08. The monoisotopic (exact) mass is 213 g/mol. The number of nitrogens with one attached hydrogen (secondary N) is 1. The smallest absolute Gasteiger partial charge is 0.324 e. The molecule has 8 heteroatoms. The molecule has 1 aliphatic rings. The van der Waals surface area contributed by atoms with Gasteiger partial charge in [-0.2, -0.15) is 0 Å². The Labute approximate surface area is 82.9 Å². The van der Waals surface area contributed by atoms with Gasteiger partial charge in [0, 0.05) is 0 Å². The number of hydrogen-bond acceptors (Lipinski definition) is 6. The molecule has 0 unspecified atom stereocenters. The molecule has 0 spiro atoms. The van der Waals surface area contributed by atoms with Gasteiger partial charge >= 0.3 is 6.03 Å². The lowest BCUT2D eigenvalue weighted by Crippen LogP contribution is -2.30. The van der Waals surface area contributed by atoms with Crippen molar-refractivity contribution in [3.63, 3.8) is 0 Å². The molecule has 0 atom stereocenters. The standard InChI is InChI=1S/C6H7N5O2S/c7-5-10-9-3(14-5)2-11-4(12)1-8-6(11)13/h1-2H2,(H2,7,10)(H,8,13). The van der Waals surface area contributed by atoms with E-state index >= 15 is 0 Å². The summed E-state index contributed by atoms with van der Waals surface area (Å²) < 4.78 is 0. The number of amides is 3. The first-order valence-corrected chi connectivity index (χ1v) is 4.64. The molecule has 1 saturated heterocycles. The summed E-state index contributed by atoms with van der Waals surface area (Å²) in [6.07, 6.45) is 0. The quantitative estimate of drug-likeness (QED) is 0.624. The van der Waals surface area contributed by atoms with Crippen molar-refractivity contribution < 1.29 is 9.59 Å². The highest BCUT2D eigenvalue weighted by molar-refractivity contribution is 7.15. The van der Waals surface area contributed by atoms with E-state index in [1.54, 1.807) is 0 Å². The van der Waals surface area contributed by atoms with Gasteiger partial charge in [-0.1, -0.05) is 11.3 Å². The van der Waals surface area contributed by atoms with E-state index in [0.29, 0.717) is 10.1 Å². The molecule has 0 bridgehead atoms. The maximum absolute atomic E-state index is 11.2. The molecule has 1 fully saturated rings. The molecule has 0 aromatic carbocycles. The first-order chi connectivity index (χ1) is 6.66. The number of hydrogen-bond donors (Lipinski definition) is 2. The topological polar surface area (TPSA) is 101 Å². The van der Waals surface area contributed by atoms with E-state index in [1.807, 2.05) is 0 Å². The number of imide groups is 1. The lowest BCUT2D eigenvalue weighted by Gasteiger charge is -2.08. The van der Waals surface area contributed by atoms with Crippen LogP contribution in [-0.4, -0.2) is 33.6 Å². The molecule has 2 heterocycles. The SMILES string of the molecule is Nc1nnc(CN2C(=O)CNC2=O)s1. The number of rotatable bonds is 2. The summed E-state index contributed by atoms with van der Waals surface area (Å²) in [5.74, 6) is -0.260. The van der Waals surface area contributed by atoms with Crippen molar-refractivity contribution in [1.29, 1.82) is 0 Å². The van der Waals surface area contributed by atoms with Crippen LogP contribution in [-0.2, 0) is 11.3 Å². The zero-order chi connectivity index (χ0) is 10.1. The Morgan fingerprint density at radius 1 is 1.50 bits per heavy atom. The number of nitrogen functional groups attached to an aromatic ring is 1. The van der Waals surface area contributed by atoms with E-state index in [4.69, 9.17) is 5.73 Å². The fourth-order valence-corrected chi connectivity index (χ4v) is 1.68. The van der Waals surface area contributed by atoms with Crippen molar-refractivity contribution in [2.45, 2.75) is 6.54 Å². The van der Waals surface area contributed by atoms with Gasteiger partial charge < -0.3 is 11.1 Å². The van der Waals surface area contributed by atoms with Crippen LogP contribution in [0, 0.1) is 0 Å². The molecule has 74 valence electrons. The van der Waals surface area contributed by atoms with Crippen molar-refractivity contribution in [3.05, 3.63) is 5.01 Å². The van der Waals surface area contributed by atoms with Crippen LogP contribution in [0.25, 0.3) is 0 Å². The summed E-state index contributed by atoms with van der Waals surface area (Å²) in [4.78, 5) is 23.4. The third kappa shape index (κ3) is 1.51. The molecule has 7 nitrogen and oxygen atoms in total. The molecule has 0 radical (unpaired) electrons. The number of nitrogens with zero attached hydrogens (tertiary/aromatic N) is 3. The molecular weight excluding hydrogens is 206 g/mol. The number of nitrogens with two attached hydrogens (primary N) is 1. The van der Waals surface area contributed by atoms with Gasteiger partial charge in [0.1, 0.15) is 5.01 Å². The minimum atomic E-state index is -0.399. The Morgan fingerprint density at radius 2 is 2.29 bits per heavy atom. The van der Waals surface area contributed by atoms with Gasteiger partial charge in [0.25, 0.3) is 0 Å². The van der Waals surface area contributed by atoms with Gasteiger partial charge in [-0.25, -0.2) is 4.79 Å². The molecule has 3 N–H and O–H groups in total. The predicted molar refractivity (Wildman–Crippen MR) is 48.3 cm³/mol. The molecule has 1 aromatic heterocycles. The van der Waals surface area contributed by atoms with Crippen LogP contribution in [0.5, 0.6) is 0 Å². The summed E-state index contributed by atoms with van der Waals surface area (Å²) in [5.41, 5.74) is 5.36. The van der Waals surface area contributed by atoms with E-state index in [1.165, 1.54) is 0 Å². The highest BCUT2D eigenvalue weighted by Gasteiger charge is 2.29. The van der Waals surface area contributed by atoms with Gasteiger partial charge in [-0.3, -0.25) is 9.69 Å². The summed E-state index contributed by atoms with van der Waals surface area (Å²) in [5, 5.41) is 10.6. The second-order valence-electron chi connectivity index (χ2n) is 2.67. The van der Waals surface area contributed by atoms with Crippen LogP contribution < -0.4 is 11.1 Å². The lowest BCUT2D eigenvalue weighted by atomic mass is 10.5. The second kappa shape index (κ2) is 3.22. The van der Waals surface area contributed by atoms with E-state index in [9.17, 15) is 9.59 Å². The molecule has 0 saturated carbocycles. The first-order valence-electron chi connectivity index (χ1n) is 3.83. The zero-order valence-electron chi connectivity index (χ0n) is 7.06. The Kier molecular flexibility index (Phi) is 2.04. The van der Waals surface area contributed by atoms with Crippen molar-refractivity contribution in [1.82, 2.24) is 20.4 Å². The van der Waals surface area contributed by atoms with E-state index in [2.05, 4.69) is 15.5 Å². The number of urea groups is 1. The minimum Gasteiger partial charge on any atom is -0.374 e. The van der Waals surface area contributed by atoms with Crippen LogP contribution >= 0.6 is 11.3 Å². The van der Waals surface area contributed by atoms with Crippen molar-refractivity contribution >= 4 is 28.4 Å². The van der Waals surface area contributed by atoms with E-state index in [0.717, 1.165) is 16.2 Å². The van der Waals surface area contributed by atoms with Gasteiger partial charge in [0.2, 0.25) is 11.0 Å². The van der Waals surface area contributed by atoms with Crippen LogP contribution in [0.1, 0.15) is 5.01 Å². The molecule has 1 aliphatic heterocycles. The Bertz CT molecular complexity index is 373. The zero-order valence-corrected chi connectivity index (χ0v) is 7.87. The maximum atomic E-state index is 11.2. The first kappa shape index (κ1) is 8.88. The summed E-state index contributed by atoms with van der Waals surface area (Å²) in [6.45, 7) is 0.187. The van der Waals surface area contributed by atoms with Crippen LogP contribution in [0.4, 0.5) is 9.93 Å². The average Bonchev–Trinajstić information content (AvgIpc) is 2.67. The third-order valence-electron chi connectivity index (χ3n) is 1.71. The van der Waals surface area contributed by atoms with Crippen molar-refractivity contribution in [2.75, 3.05) is 12.3 Å². The molecule has 0 aliphatic carbocycles. The highest BCUT2D eigenvalue weighted by atomic mass is 32.1. The Morgan fingerprint density at radius 3 is 2.79 bits per heavy atom. The van der Waals surface area contributed by atoms with Gasteiger partial charge in [0.15, 0.2) is 0 Å². The third-order valence-corrected chi connectivity index (χ3v) is 2.45. The largest absolute Gasteiger partial charge is 0.374 e. The Balaban J connectivity index is 2.10. The Hall–Kier alpha value is -1.70. The predicted octanol–water partition coefficient (Wildman–Crippen LogP) is -0.828. The molecule has 1 aromatic rings. The highest BCUT2D eigenvalue weighted by Crippen LogP contribution is 2.14. The van der Waals surface area contributed by atoms with Crippen molar-refractivity contribution in [3.8, 4) is 0 Å². The normalized spacial score (nSPS) is 16.1. The molecule has 2 rings (SSSR count). The molecular formula is C6H7N5O2S. The summed E-state index contributed by atoms with van der Waals surface area (Å²) >= 11 is 1.16. The minimum absolute atomic E-state index is 0.0487. The molecule has 14 heavy (non-hydrogen) atoms. The average molecular weight is 213 g/mol. The van der Waals surface area contributed by atoms with Gasteiger partial charge in [-0.05, 0) is 0 Å². The van der Waals surface area contributed by atoms with Gasteiger partial charge in [-0.15, -0.1) is 10.2 Å². The lowest BCUT2D eigenvalue weighted by molar-refractivity contribution is -0.125. The number of aromatic nitrogens is 2. The maximum Gasteiger partial charge on any atom is 0.324 e. The van der Waals surface area contributed by atoms with Crippen LogP contribution in [0.2, 0.25) is 0 Å². The second-order valence-corrected chi connectivity index (χ2v) is 3.77. The van der Waals surface area contributed by atoms with E-state index < -0.39 is 6.03 Å².